The molecular weight excluding hydrogens is 358 g/mol. The van der Waals surface area contributed by atoms with Gasteiger partial charge in [-0.05, 0) is 50.3 Å². The molecule has 7 nitrogen and oxygen atoms in total. The molecule has 3 heterocycles. The molecule has 1 aromatic heterocycles. The summed E-state index contributed by atoms with van der Waals surface area (Å²) in [6.07, 6.45) is 7.95. The molecule has 150 valence electrons. The Balaban J connectivity index is 1.59. The van der Waals surface area contributed by atoms with Gasteiger partial charge in [-0.25, -0.2) is 0 Å². The standard InChI is InChI=1S/C21H27N3O4/c1-13-11-22-23(12-13)17-9-15-5-6-16(10-17)24(15)21(25)14-7-18(26-2)20(28-4)19(8-14)27-3/h7-8,11-12,15-17H,5-6,9-10H2,1-4H3. The summed E-state index contributed by atoms with van der Waals surface area (Å²) >= 11 is 0. The Morgan fingerprint density at radius 2 is 1.61 bits per heavy atom. The third-order valence-electron chi connectivity index (χ3n) is 5.96. The number of aromatic nitrogens is 2. The molecule has 4 rings (SSSR count). The molecule has 0 spiro atoms. The first-order chi connectivity index (χ1) is 13.5. The van der Waals surface area contributed by atoms with Crippen LogP contribution in [-0.4, -0.2) is 54.0 Å². The van der Waals surface area contributed by atoms with Gasteiger partial charge in [0.15, 0.2) is 11.5 Å². The maximum atomic E-state index is 13.4. The highest BCUT2D eigenvalue weighted by molar-refractivity contribution is 5.96. The molecule has 0 aliphatic carbocycles. The molecule has 2 aliphatic rings. The van der Waals surface area contributed by atoms with Gasteiger partial charge in [-0.1, -0.05) is 0 Å². The maximum absolute atomic E-state index is 13.4. The summed E-state index contributed by atoms with van der Waals surface area (Å²) in [6.45, 7) is 2.06. The Kier molecular flexibility index (Phi) is 4.91. The Hall–Kier alpha value is -2.70. The number of carbonyl (C=O) groups excluding carboxylic acids is 1. The molecule has 1 amide bonds. The van der Waals surface area contributed by atoms with Crippen LogP contribution in [0.25, 0.3) is 0 Å². The predicted octanol–water partition coefficient (Wildman–Crippen LogP) is 3.23. The number of benzene rings is 1. The highest BCUT2D eigenvalue weighted by Gasteiger charge is 2.44. The fourth-order valence-corrected chi connectivity index (χ4v) is 4.68. The number of ether oxygens (including phenoxy) is 3. The first kappa shape index (κ1) is 18.7. The molecule has 2 atom stereocenters. The SMILES string of the molecule is COc1cc(C(=O)N2C3CCC2CC(n2cc(C)cn2)C3)cc(OC)c1OC. The number of fused-ring (bicyclic) bond motifs is 2. The van der Waals surface area contributed by atoms with Crippen molar-refractivity contribution in [3.05, 3.63) is 35.7 Å². The van der Waals surface area contributed by atoms with Gasteiger partial charge < -0.3 is 19.1 Å². The van der Waals surface area contributed by atoms with E-state index in [1.807, 2.05) is 6.20 Å². The van der Waals surface area contributed by atoms with E-state index in [1.54, 1.807) is 33.5 Å². The van der Waals surface area contributed by atoms with Gasteiger partial charge in [0.1, 0.15) is 0 Å². The molecule has 0 N–H and O–H groups in total. The fourth-order valence-electron chi connectivity index (χ4n) is 4.68. The van der Waals surface area contributed by atoms with Crippen molar-refractivity contribution in [1.82, 2.24) is 14.7 Å². The van der Waals surface area contributed by atoms with Crippen molar-refractivity contribution in [1.29, 1.82) is 0 Å². The van der Waals surface area contributed by atoms with Crippen LogP contribution in [0.3, 0.4) is 0 Å². The van der Waals surface area contributed by atoms with E-state index in [-0.39, 0.29) is 18.0 Å². The molecule has 2 fully saturated rings. The van der Waals surface area contributed by atoms with Crippen molar-refractivity contribution in [2.45, 2.75) is 50.7 Å². The van der Waals surface area contributed by atoms with Crippen LogP contribution in [0, 0.1) is 6.92 Å². The molecule has 7 heteroatoms. The number of hydrogen-bond donors (Lipinski definition) is 0. The van der Waals surface area contributed by atoms with Crippen LogP contribution < -0.4 is 14.2 Å². The van der Waals surface area contributed by atoms with E-state index < -0.39 is 0 Å². The summed E-state index contributed by atoms with van der Waals surface area (Å²) in [5.41, 5.74) is 1.74. The van der Waals surface area contributed by atoms with Crippen molar-refractivity contribution >= 4 is 5.91 Å². The van der Waals surface area contributed by atoms with Gasteiger partial charge in [0.25, 0.3) is 5.91 Å². The van der Waals surface area contributed by atoms with E-state index in [4.69, 9.17) is 14.2 Å². The normalized spacial score (nSPS) is 23.6. The van der Waals surface area contributed by atoms with Gasteiger partial charge in [-0.15, -0.1) is 0 Å². The van der Waals surface area contributed by atoms with Gasteiger partial charge in [0.05, 0.1) is 33.6 Å². The van der Waals surface area contributed by atoms with Crippen LogP contribution in [0.2, 0.25) is 0 Å². The zero-order chi connectivity index (χ0) is 19.8. The summed E-state index contributed by atoms with van der Waals surface area (Å²) in [5.74, 6) is 1.53. The lowest BCUT2D eigenvalue weighted by Gasteiger charge is -2.39. The minimum Gasteiger partial charge on any atom is -0.493 e. The largest absolute Gasteiger partial charge is 0.493 e. The number of methoxy groups -OCH3 is 3. The van der Waals surface area contributed by atoms with Crippen molar-refractivity contribution < 1.29 is 19.0 Å². The van der Waals surface area contributed by atoms with Crippen molar-refractivity contribution in [2.75, 3.05) is 21.3 Å². The lowest BCUT2D eigenvalue weighted by Crippen LogP contribution is -2.47. The molecule has 0 radical (unpaired) electrons. The minimum atomic E-state index is 0.0295. The monoisotopic (exact) mass is 385 g/mol. The maximum Gasteiger partial charge on any atom is 0.254 e. The van der Waals surface area contributed by atoms with Crippen LogP contribution in [0.5, 0.6) is 17.2 Å². The quantitative estimate of drug-likeness (QED) is 0.791. The zero-order valence-electron chi connectivity index (χ0n) is 16.8. The zero-order valence-corrected chi connectivity index (χ0v) is 16.8. The molecule has 28 heavy (non-hydrogen) atoms. The second-order valence-electron chi connectivity index (χ2n) is 7.63. The van der Waals surface area contributed by atoms with Crippen LogP contribution in [0.15, 0.2) is 24.5 Å². The molecule has 1 aromatic carbocycles. The Labute approximate surface area is 165 Å². The number of nitrogens with zero attached hydrogens (tertiary/aromatic N) is 3. The summed E-state index contributed by atoms with van der Waals surface area (Å²) in [7, 11) is 4.68. The molecule has 0 saturated carbocycles. The Morgan fingerprint density at radius 1 is 1.00 bits per heavy atom. The minimum absolute atomic E-state index is 0.0295. The number of carbonyl (C=O) groups is 1. The van der Waals surface area contributed by atoms with E-state index in [9.17, 15) is 4.79 Å². The molecule has 2 unspecified atom stereocenters. The number of amides is 1. The number of aryl methyl sites for hydroxylation is 1. The molecule has 2 aliphatic heterocycles. The second-order valence-corrected chi connectivity index (χ2v) is 7.63. The predicted molar refractivity (Wildman–Crippen MR) is 104 cm³/mol. The summed E-state index contributed by atoms with van der Waals surface area (Å²) in [4.78, 5) is 15.5. The smallest absolute Gasteiger partial charge is 0.254 e. The van der Waals surface area contributed by atoms with Crippen molar-refractivity contribution in [2.24, 2.45) is 0 Å². The highest BCUT2D eigenvalue weighted by Crippen LogP contribution is 2.43. The lowest BCUT2D eigenvalue weighted by atomic mass is 9.96. The van der Waals surface area contributed by atoms with Gasteiger partial charge in [-0.3, -0.25) is 9.48 Å². The van der Waals surface area contributed by atoms with Gasteiger partial charge in [0.2, 0.25) is 5.75 Å². The van der Waals surface area contributed by atoms with Crippen LogP contribution in [0.4, 0.5) is 0 Å². The number of rotatable bonds is 5. The van der Waals surface area contributed by atoms with Gasteiger partial charge in [0, 0.05) is 23.8 Å². The van der Waals surface area contributed by atoms with E-state index in [2.05, 4.69) is 27.8 Å². The average molecular weight is 385 g/mol. The molecule has 2 aromatic rings. The first-order valence-corrected chi connectivity index (χ1v) is 9.69. The Bertz CT molecular complexity index is 839. The van der Waals surface area contributed by atoms with Crippen LogP contribution in [0.1, 0.15) is 47.6 Å². The fraction of sp³-hybridized carbons (Fsp3) is 0.524. The Morgan fingerprint density at radius 3 is 2.07 bits per heavy atom. The number of hydrogen-bond acceptors (Lipinski definition) is 5. The lowest BCUT2D eigenvalue weighted by molar-refractivity contribution is 0.0523. The van der Waals surface area contributed by atoms with Crippen LogP contribution in [-0.2, 0) is 0 Å². The van der Waals surface area contributed by atoms with Gasteiger partial charge >= 0.3 is 0 Å². The third-order valence-corrected chi connectivity index (χ3v) is 5.96. The molecule has 2 bridgehead atoms. The van der Waals surface area contributed by atoms with E-state index in [0.717, 1.165) is 25.7 Å². The number of piperidine rings is 1. The molecular formula is C21H27N3O4. The first-order valence-electron chi connectivity index (χ1n) is 9.69. The molecule has 2 saturated heterocycles. The summed E-state index contributed by atoms with van der Waals surface area (Å²) in [6, 6.07) is 4.31. The van der Waals surface area contributed by atoms with E-state index >= 15 is 0 Å². The van der Waals surface area contributed by atoms with E-state index in [0.29, 0.717) is 28.9 Å². The van der Waals surface area contributed by atoms with Crippen molar-refractivity contribution in [3.8, 4) is 17.2 Å². The average Bonchev–Trinajstić information content (AvgIpc) is 3.26. The third kappa shape index (κ3) is 3.08. The van der Waals surface area contributed by atoms with E-state index in [1.165, 1.54) is 5.56 Å². The van der Waals surface area contributed by atoms with Crippen LogP contribution >= 0.6 is 0 Å². The summed E-state index contributed by atoms with van der Waals surface area (Å²) in [5, 5.41) is 4.49. The topological polar surface area (TPSA) is 65.8 Å². The van der Waals surface area contributed by atoms with Crippen molar-refractivity contribution in [3.63, 3.8) is 0 Å². The second kappa shape index (κ2) is 7.37. The highest BCUT2D eigenvalue weighted by atomic mass is 16.5. The van der Waals surface area contributed by atoms with Gasteiger partial charge in [-0.2, -0.15) is 5.10 Å². The summed E-state index contributed by atoms with van der Waals surface area (Å²) < 4.78 is 18.3.